The highest BCUT2D eigenvalue weighted by atomic mass is 35.5. The number of pyridine rings is 1. The van der Waals surface area contributed by atoms with E-state index in [9.17, 15) is 4.79 Å². The molecule has 0 aliphatic rings. The Kier molecular flexibility index (Phi) is 5.40. The predicted octanol–water partition coefficient (Wildman–Crippen LogP) is 4.68. The fraction of sp³-hybridized carbons (Fsp3) is 0.0870. The lowest BCUT2D eigenvalue weighted by Crippen LogP contribution is -2.23. The summed E-state index contributed by atoms with van der Waals surface area (Å²) in [5.74, 6) is 0.758. The summed E-state index contributed by atoms with van der Waals surface area (Å²) < 4.78 is 6.72. The topological polar surface area (TPSA) is 57.0 Å². The molecule has 2 aromatic carbocycles. The van der Waals surface area contributed by atoms with E-state index < -0.39 is 0 Å². The first-order valence-corrected chi connectivity index (χ1v) is 9.43. The molecular weight excluding hydrogens is 386 g/mol. The fourth-order valence-electron chi connectivity index (χ4n) is 3.08. The number of aromatic nitrogens is 3. The highest BCUT2D eigenvalue weighted by molar-refractivity contribution is 6.30. The van der Waals surface area contributed by atoms with Gasteiger partial charge in [-0.25, -0.2) is 4.68 Å². The van der Waals surface area contributed by atoms with Crippen LogP contribution in [-0.2, 0) is 6.54 Å². The van der Waals surface area contributed by atoms with Crippen LogP contribution in [0, 0.1) is 0 Å². The molecule has 0 unspecified atom stereocenters. The molecule has 0 N–H and O–H groups in total. The van der Waals surface area contributed by atoms with Gasteiger partial charge in [-0.15, -0.1) is 0 Å². The molecule has 2 aromatic heterocycles. The van der Waals surface area contributed by atoms with E-state index in [1.54, 1.807) is 37.7 Å². The van der Waals surface area contributed by atoms with Crippen LogP contribution in [0.3, 0.4) is 0 Å². The second kappa shape index (κ2) is 8.29. The van der Waals surface area contributed by atoms with Gasteiger partial charge in [-0.05, 0) is 59.7 Å². The Bertz CT molecular complexity index is 1170. The van der Waals surface area contributed by atoms with E-state index in [1.165, 1.54) is 4.68 Å². The van der Waals surface area contributed by atoms with Gasteiger partial charge in [0.15, 0.2) is 0 Å². The molecule has 0 atom stereocenters. The van der Waals surface area contributed by atoms with Crippen molar-refractivity contribution in [2.75, 3.05) is 7.11 Å². The fourth-order valence-corrected chi connectivity index (χ4v) is 3.21. The van der Waals surface area contributed by atoms with Crippen LogP contribution in [0.15, 0.2) is 83.9 Å². The minimum atomic E-state index is -0.177. The van der Waals surface area contributed by atoms with Crippen molar-refractivity contribution >= 4 is 11.6 Å². The molecule has 0 amide bonds. The molecule has 0 fully saturated rings. The molecule has 0 aliphatic carbocycles. The van der Waals surface area contributed by atoms with Crippen molar-refractivity contribution in [2.24, 2.45) is 0 Å². The van der Waals surface area contributed by atoms with Crippen LogP contribution in [0.2, 0.25) is 5.02 Å². The molecule has 4 aromatic rings. The SMILES string of the molecule is COc1ccc(-c2nn(Cc3ccc(Cl)cc3)c(=O)cc2-c2ccncc2)cc1. The van der Waals surface area contributed by atoms with Crippen molar-refractivity contribution in [1.29, 1.82) is 0 Å². The van der Waals surface area contributed by atoms with Crippen LogP contribution >= 0.6 is 11.6 Å². The lowest BCUT2D eigenvalue weighted by molar-refractivity contribution is 0.415. The van der Waals surface area contributed by atoms with Crippen molar-refractivity contribution in [3.8, 4) is 28.1 Å². The van der Waals surface area contributed by atoms with Gasteiger partial charge in [0.05, 0.1) is 19.3 Å². The second-order valence-corrected chi connectivity index (χ2v) is 6.93. The largest absolute Gasteiger partial charge is 0.497 e. The van der Waals surface area contributed by atoms with E-state index >= 15 is 0 Å². The Balaban J connectivity index is 1.84. The molecule has 0 spiro atoms. The van der Waals surface area contributed by atoms with Gasteiger partial charge >= 0.3 is 0 Å². The molecular formula is C23H18ClN3O2. The molecule has 4 rings (SSSR count). The van der Waals surface area contributed by atoms with Gasteiger partial charge in [0, 0.05) is 34.6 Å². The highest BCUT2D eigenvalue weighted by Crippen LogP contribution is 2.30. The Morgan fingerprint density at radius 3 is 2.28 bits per heavy atom. The first-order valence-electron chi connectivity index (χ1n) is 9.05. The van der Waals surface area contributed by atoms with Crippen molar-refractivity contribution < 1.29 is 4.74 Å². The summed E-state index contributed by atoms with van der Waals surface area (Å²) in [5.41, 5.74) is 4.02. The summed E-state index contributed by atoms with van der Waals surface area (Å²) in [6, 6.07) is 20.4. The van der Waals surface area contributed by atoms with Gasteiger partial charge < -0.3 is 4.74 Å². The van der Waals surface area contributed by atoms with Crippen LogP contribution < -0.4 is 10.3 Å². The lowest BCUT2D eigenvalue weighted by Gasteiger charge is -2.13. The molecule has 5 nitrogen and oxygen atoms in total. The van der Waals surface area contributed by atoms with E-state index in [2.05, 4.69) is 4.98 Å². The quantitative estimate of drug-likeness (QED) is 0.485. The summed E-state index contributed by atoms with van der Waals surface area (Å²) in [6.45, 7) is 0.357. The number of ether oxygens (including phenoxy) is 1. The zero-order chi connectivity index (χ0) is 20.2. The smallest absolute Gasteiger partial charge is 0.267 e. The predicted molar refractivity (Wildman–Crippen MR) is 114 cm³/mol. The summed E-state index contributed by atoms with van der Waals surface area (Å²) >= 11 is 5.97. The van der Waals surface area contributed by atoms with Crippen molar-refractivity contribution in [1.82, 2.24) is 14.8 Å². The van der Waals surface area contributed by atoms with E-state index in [4.69, 9.17) is 21.4 Å². The number of rotatable bonds is 5. The molecule has 2 heterocycles. The Morgan fingerprint density at radius 2 is 1.62 bits per heavy atom. The van der Waals surface area contributed by atoms with Crippen molar-refractivity contribution in [3.63, 3.8) is 0 Å². The number of methoxy groups -OCH3 is 1. The third-order valence-electron chi connectivity index (χ3n) is 4.60. The molecule has 144 valence electrons. The molecule has 0 radical (unpaired) electrons. The normalized spacial score (nSPS) is 10.7. The number of halogens is 1. The monoisotopic (exact) mass is 403 g/mol. The van der Waals surface area contributed by atoms with Crippen LogP contribution in [-0.4, -0.2) is 21.9 Å². The summed E-state index contributed by atoms with van der Waals surface area (Å²) in [7, 11) is 1.63. The average Bonchev–Trinajstić information content (AvgIpc) is 2.77. The van der Waals surface area contributed by atoms with Crippen LogP contribution in [0.4, 0.5) is 0 Å². The number of nitrogens with zero attached hydrogens (tertiary/aromatic N) is 3. The third-order valence-corrected chi connectivity index (χ3v) is 4.85. The lowest BCUT2D eigenvalue weighted by atomic mass is 10.0. The number of benzene rings is 2. The zero-order valence-electron chi connectivity index (χ0n) is 15.7. The van der Waals surface area contributed by atoms with Gasteiger partial charge in [-0.3, -0.25) is 9.78 Å². The van der Waals surface area contributed by atoms with Crippen LogP contribution in [0.1, 0.15) is 5.56 Å². The van der Waals surface area contributed by atoms with E-state index in [0.29, 0.717) is 17.3 Å². The van der Waals surface area contributed by atoms with Crippen LogP contribution in [0.5, 0.6) is 5.75 Å². The highest BCUT2D eigenvalue weighted by Gasteiger charge is 2.13. The minimum absolute atomic E-state index is 0.177. The Morgan fingerprint density at radius 1 is 0.931 bits per heavy atom. The van der Waals surface area contributed by atoms with Gasteiger partial charge in [-0.1, -0.05) is 23.7 Å². The Labute approximate surface area is 173 Å². The van der Waals surface area contributed by atoms with Gasteiger partial charge in [0.2, 0.25) is 0 Å². The van der Waals surface area contributed by atoms with Crippen molar-refractivity contribution in [3.05, 3.63) is 100 Å². The molecule has 0 bridgehead atoms. The maximum Gasteiger partial charge on any atom is 0.267 e. The number of hydrogen-bond donors (Lipinski definition) is 0. The van der Waals surface area contributed by atoms with Gasteiger partial charge in [-0.2, -0.15) is 5.10 Å². The summed E-state index contributed by atoms with van der Waals surface area (Å²) in [6.07, 6.45) is 3.40. The van der Waals surface area contributed by atoms with E-state index in [0.717, 1.165) is 28.0 Å². The minimum Gasteiger partial charge on any atom is -0.497 e. The first kappa shape index (κ1) is 18.9. The molecule has 29 heavy (non-hydrogen) atoms. The molecule has 6 heteroatoms. The van der Waals surface area contributed by atoms with Gasteiger partial charge in [0.25, 0.3) is 5.56 Å². The maximum atomic E-state index is 12.8. The molecule has 0 saturated carbocycles. The van der Waals surface area contributed by atoms with Crippen LogP contribution in [0.25, 0.3) is 22.4 Å². The average molecular weight is 404 g/mol. The maximum absolute atomic E-state index is 12.8. The van der Waals surface area contributed by atoms with E-state index in [-0.39, 0.29) is 5.56 Å². The second-order valence-electron chi connectivity index (χ2n) is 6.49. The van der Waals surface area contributed by atoms with Gasteiger partial charge in [0.1, 0.15) is 5.75 Å². The standard InChI is InChI=1S/C23H18ClN3O2/c1-29-20-8-4-18(5-9-20)23-21(17-10-12-25-13-11-17)14-22(28)27(26-23)15-16-2-6-19(24)7-3-16/h2-14H,15H2,1H3. The first-order chi connectivity index (χ1) is 14.1. The zero-order valence-corrected chi connectivity index (χ0v) is 16.5. The Hall–Kier alpha value is -3.44. The molecule has 0 saturated heterocycles. The number of hydrogen-bond acceptors (Lipinski definition) is 4. The third kappa shape index (κ3) is 4.20. The summed E-state index contributed by atoms with van der Waals surface area (Å²) in [5, 5.41) is 5.36. The van der Waals surface area contributed by atoms with E-state index in [1.807, 2.05) is 48.5 Å². The molecule has 0 aliphatic heterocycles. The van der Waals surface area contributed by atoms with Crippen molar-refractivity contribution in [2.45, 2.75) is 6.54 Å². The summed E-state index contributed by atoms with van der Waals surface area (Å²) in [4.78, 5) is 16.9.